The summed E-state index contributed by atoms with van der Waals surface area (Å²) < 4.78 is 5.50. The van der Waals surface area contributed by atoms with Gasteiger partial charge in [-0.3, -0.25) is 9.59 Å². The van der Waals surface area contributed by atoms with E-state index in [0.717, 1.165) is 11.1 Å². The van der Waals surface area contributed by atoms with Gasteiger partial charge >= 0.3 is 0 Å². The number of nitrogens with zero attached hydrogens (tertiary/aromatic N) is 1. The fourth-order valence-electron chi connectivity index (χ4n) is 2.92. The van der Waals surface area contributed by atoms with E-state index in [-0.39, 0.29) is 23.1 Å². The molecule has 0 saturated carbocycles. The standard InChI is InChI=1S/C26H21Cl2N3O3/c1-17-7-9-21(13-22(17)27)31-25(32)16-34-24-10-8-19(12-23(24)28)11-20(14-29)26(33)30-15-18-5-3-2-4-6-18/h2-13H,15-16H2,1H3,(H,30,33)(H,31,32)/b20-11+. The normalized spacial score (nSPS) is 10.8. The average Bonchev–Trinajstić information content (AvgIpc) is 2.83. The molecule has 2 amide bonds. The summed E-state index contributed by atoms with van der Waals surface area (Å²) in [6.45, 7) is 1.92. The van der Waals surface area contributed by atoms with Gasteiger partial charge in [0.05, 0.1) is 5.02 Å². The highest BCUT2D eigenvalue weighted by Gasteiger charge is 2.11. The molecule has 0 heterocycles. The predicted molar refractivity (Wildman–Crippen MR) is 134 cm³/mol. The van der Waals surface area contributed by atoms with Crippen LogP contribution in [0, 0.1) is 18.3 Å². The van der Waals surface area contributed by atoms with Gasteiger partial charge in [-0.1, -0.05) is 65.7 Å². The molecule has 0 unspecified atom stereocenters. The number of carbonyl (C=O) groups excluding carboxylic acids is 2. The minimum absolute atomic E-state index is 0.0585. The first kappa shape index (κ1) is 24.8. The molecule has 8 heteroatoms. The molecule has 3 rings (SSSR count). The zero-order valence-electron chi connectivity index (χ0n) is 18.3. The van der Waals surface area contributed by atoms with E-state index in [1.165, 1.54) is 6.08 Å². The zero-order valence-corrected chi connectivity index (χ0v) is 19.8. The van der Waals surface area contributed by atoms with Crippen LogP contribution in [-0.2, 0) is 16.1 Å². The molecule has 0 spiro atoms. The number of nitriles is 1. The molecule has 6 nitrogen and oxygen atoms in total. The molecule has 0 radical (unpaired) electrons. The lowest BCUT2D eigenvalue weighted by molar-refractivity contribution is -0.118. The van der Waals surface area contributed by atoms with Gasteiger partial charge in [-0.2, -0.15) is 5.26 Å². The molecule has 0 aliphatic carbocycles. The maximum atomic E-state index is 12.4. The first-order valence-corrected chi connectivity index (χ1v) is 11.0. The van der Waals surface area contributed by atoms with E-state index in [1.54, 1.807) is 36.4 Å². The summed E-state index contributed by atoms with van der Waals surface area (Å²) in [5.74, 6) is -0.569. The fourth-order valence-corrected chi connectivity index (χ4v) is 3.35. The molecule has 34 heavy (non-hydrogen) atoms. The Bertz CT molecular complexity index is 1270. The Labute approximate surface area is 207 Å². The van der Waals surface area contributed by atoms with Gasteiger partial charge in [0, 0.05) is 17.3 Å². The van der Waals surface area contributed by atoms with Gasteiger partial charge in [-0.05, 0) is 54.0 Å². The molecule has 0 saturated heterocycles. The third-order valence-corrected chi connectivity index (χ3v) is 5.44. The van der Waals surface area contributed by atoms with Crippen molar-refractivity contribution in [2.24, 2.45) is 0 Å². The summed E-state index contributed by atoms with van der Waals surface area (Å²) in [6, 6.07) is 21.3. The number of carbonyl (C=O) groups is 2. The molecule has 3 aromatic carbocycles. The van der Waals surface area contributed by atoms with Crippen LogP contribution in [0.25, 0.3) is 6.08 Å². The number of hydrogen-bond donors (Lipinski definition) is 2. The van der Waals surface area contributed by atoms with E-state index in [2.05, 4.69) is 10.6 Å². The topological polar surface area (TPSA) is 91.2 Å². The molecule has 0 bridgehead atoms. The van der Waals surface area contributed by atoms with Gasteiger partial charge in [0.1, 0.15) is 17.4 Å². The monoisotopic (exact) mass is 493 g/mol. The number of benzene rings is 3. The summed E-state index contributed by atoms with van der Waals surface area (Å²) in [5, 5.41) is 15.6. The second-order valence-corrected chi connectivity index (χ2v) is 8.14. The Balaban J connectivity index is 1.59. The first-order valence-electron chi connectivity index (χ1n) is 10.3. The van der Waals surface area contributed by atoms with E-state index in [1.807, 2.05) is 43.3 Å². The highest BCUT2D eigenvalue weighted by Crippen LogP contribution is 2.27. The number of rotatable bonds is 8. The number of aryl methyl sites for hydroxylation is 1. The van der Waals surface area contributed by atoms with Crippen molar-refractivity contribution in [2.45, 2.75) is 13.5 Å². The van der Waals surface area contributed by atoms with Gasteiger partial charge in [-0.25, -0.2) is 0 Å². The smallest absolute Gasteiger partial charge is 0.262 e. The van der Waals surface area contributed by atoms with Crippen molar-refractivity contribution in [1.29, 1.82) is 5.26 Å². The predicted octanol–water partition coefficient (Wildman–Crippen LogP) is 5.54. The Morgan fingerprint density at radius 3 is 2.47 bits per heavy atom. The van der Waals surface area contributed by atoms with Crippen LogP contribution in [0.2, 0.25) is 10.0 Å². The Hall–Kier alpha value is -3.79. The van der Waals surface area contributed by atoms with Crippen molar-refractivity contribution < 1.29 is 14.3 Å². The third kappa shape index (κ3) is 7.11. The highest BCUT2D eigenvalue weighted by molar-refractivity contribution is 6.32. The SMILES string of the molecule is Cc1ccc(NC(=O)COc2ccc(/C=C(\C#N)C(=O)NCc3ccccc3)cc2Cl)cc1Cl. The molecular formula is C26H21Cl2N3O3. The van der Waals surface area contributed by atoms with Crippen LogP contribution in [0.4, 0.5) is 5.69 Å². The molecule has 2 N–H and O–H groups in total. The third-order valence-electron chi connectivity index (χ3n) is 4.74. The van der Waals surface area contributed by atoms with Crippen molar-refractivity contribution in [1.82, 2.24) is 5.32 Å². The number of ether oxygens (including phenoxy) is 1. The van der Waals surface area contributed by atoms with Crippen LogP contribution in [0.15, 0.2) is 72.3 Å². The van der Waals surface area contributed by atoms with Crippen molar-refractivity contribution in [3.8, 4) is 11.8 Å². The molecular weight excluding hydrogens is 473 g/mol. The summed E-state index contributed by atoms with van der Waals surface area (Å²) >= 11 is 12.3. The summed E-state index contributed by atoms with van der Waals surface area (Å²) in [4.78, 5) is 24.5. The molecule has 3 aromatic rings. The van der Waals surface area contributed by atoms with Crippen LogP contribution in [0.1, 0.15) is 16.7 Å². The van der Waals surface area contributed by atoms with Crippen LogP contribution in [0.5, 0.6) is 5.75 Å². The molecule has 0 atom stereocenters. The van der Waals surface area contributed by atoms with E-state index in [9.17, 15) is 14.9 Å². The minimum atomic E-state index is -0.490. The molecule has 0 aliphatic rings. The molecule has 0 aromatic heterocycles. The van der Waals surface area contributed by atoms with Crippen LogP contribution >= 0.6 is 23.2 Å². The summed E-state index contributed by atoms with van der Waals surface area (Å²) in [5.41, 5.74) is 2.88. The summed E-state index contributed by atoms with van der Waals surface area (Å²) in [7, 11) is 0. The lowest BCUT2D eigenvalue weighted by atomic mass is 10.1. The average molecular weight is 494 g/mol. The van der Waals surface area contributed by atoms with Crippen LogP contribution in [0.3, 0.4) is 0 Å². The number of amides is 2. The molecule has 0 fully saturated rings. The Morgan fingerprint density at radius 2 is 1.79 bits per heavy atom. The van der Waals surface area contributed by atoms with Crippen LogP contribution < -0.4 is 15.4 Å². The van der Waals surface area contributed by atoms with Crippen molar-refractivity contribution in [3.63, 3.8) is 0 Å². The first-order chi connectivity index (χ1) is 16.4. The quantitative estimate of drug-likeness (QED) is 0.318. The van der Waals surface area contributed by atoms with Crippen molar-refractivity contribution >= 4 is 46.8 Å². The largest absolute Gasteiger partial charge is 0.482 e. The van der Waals surface area contributed by atoms with Crippen molar-refractivity contribution in [3.05, 3.63) is 99.0 Å². The maximum Gasteiger partial charge on any atom is 0.262 e. The lowest BCUT2D eigenvalue weighted by Gasteiger charge is -2.10. The van der Waals surface area contributed by atoms with Gasteiger partial charge in [0.2, 0.25) is 0 Å². The van der Waals surface area contributed by atoms with E-state index in [4.69, 9.17) is 27.9 Å². The van der Waals surface area contributed by atoms with Crippen molar-refractivity contribution in [2.75, 3.05) is 11.9 Å². The maximum absolute atomic E-state index is 12.4. The van der Waals surface area contributed by atoms with Gasteiger partial charge in [0.15, 0.2) is 6.61 Å². The molecule has 0 aliphatic heterocycles. The molecule has 172 valence electrons. The van der Waals surface area contributed by atoms with E-state index in [0.29, 0.717) is 28.6 Å². The number of nitrogens with one attached hydrogen (secondary N) is 2. The fraction of sp³-hybridized carbons (Fsp3) is 0.115. The second kappa shape index (κ2) is 11.9. The lowest BCUT2D eigenvalue weighted by Crippen LogP contribution is -2.23. The van der Waals surface area contributed by atoms with Gasteiger partial charge in [-0.15, -0.1) is 0 Å². The number of hydrogen-bond acceptors (Lipinski definition) is 4. The summed E-state index contributed by atoms with van der Waals surface area (Å²) in [6.07, 6.45) is 1.43. The second-order valence-electron chi connectivity index (χ2n) is 7.33. The minimum Gasteiger partial charge on any atom is -0.482 e. The number of anilines is 1. The van der Waals surface area contributed by atoms with Crippen LogP contribution in [-0.4, -0.2) is 18.4 Å². The van der Waals surface area contributed by atoms with E-state index >= 15 is 0 Å². The zero-order chi connectivity index (χ0) is 24.5. The van der Waals surface area contributed by atoms with E-state index < -0.39 is 5.91 Å². The van der Waals surface area contributed by atoms with Gasteiger partial charge < -0.3 is 15.4 Å². The van der Waals surface area contributed by atoms with Gasteiger partial charge in [0.25, 0.3) is 11.8 Å². The highest BCUT2D eigenvalue weighted by atomic mass is 35.5. The Morgan fingerprint density at radius 1 is 1.03 bits per heavy atom. The number of halogens is 2. The Kier molecular flexibility index (Phi) is 8.69.